The fourth-order valence-electron chi connectivity index (χ4n) is 1.44. The molecule has 0 bridgehead atoms. The van der Waals surface area contributed by atoms with Crippen LogP contribution in [0.2, 0.25) is 0 Å². The Kier molecular flexibility index (Phi) is 2.13. The molecule has 0 fully saturated rings. The van der Waals surface area contributed by atoms with Gasteiger partial charge in [-0.05, 0) is 13.0 Å². The molecule has 4 nitrogen and oxygen atoms in total. The average molecular weight is 192 g/mol. The van der Waals surface area contributed by atoms with Gasteiger partial charge in [0.2, 0.25) is 0 Å². The van der Waals surface area contributed by atoms with Gasteiger partial charge in [0.15, 0.2) is 0 Å². The first kappa shape index (κ1) is 9.02. The monoisotopic (exact) mass is 192 g/mol. The molecule has 2 rings (SSSR count). The molecule has 2 heterocycles. The van der Waals surface area contributed by atoms with Gasteiger partial charge < -0.3 is 14.2 Å². The Labute approximate surface area is 81.8 Å². The van der Waals surface area contributed by atoms with Crippen molar-refractivity contribution in [3.05, 3.63) is 30.4 Å². The third-order valence-corrected chi connectivity index (χ3v) is 2.14. The molecule has 0 aliphatic heterocycles. The fourth-order valence-corrected chi connectivity index (χ4v) is 1.44. The second kappa shape index (κ2) is 3.31. The van der Waals surface area contributed by atoms with Crippen LogP contribution in [-0.2, 0) is 0 Å². The lowest BCUT2D eigenvalue weighted by Gasteiger charge is -2.04. The van der Waals surface area contributed by atoms with Crippen molar-refractivity contribution >= 4 is 5.52 Å². The Balaban J connectivity index is 2.59. The van der Waals surface area contributed by atoms with E-state index in [1.54, 1.807) is 20.2 Å². The summed E-state index contributed by atoms with van der Waals surface area (Å²) in [6.45, 7) is 1.69. The van der Waals surface area contributed by atoms with Crippen LogP contribution in [-0.4, -0.2) is 21.6 Å². The number of hydrogen-bond donors (Lipinski definition) is 1. The number of nitrogens with zero attached hydrogens (tertiary/aromatic N) is 2. The third-order valence-electron chi connectivity index (χ3n) is 2.14. The summed E-state index contributed by atoms with van der Waals surface area (Å²) in [5.41, 5.74) is 0.917. The maximum absolute atomic E-state index is 9.42. The molecule has 14 heavy (non-hydrogen) atoms. The Morgan fingerprint density at radius 1 is 1.57 bits per heavy atom. The quantitative estimate of drug-likeness (QED) is 0.782. The summed E-state index contributed by atoms with van der Waals surface area (Å²) in [4.78, 5) is 4.13. The van der Waals surface area contributed by atoms with Crippen molar-refractivity contribution in [1.29, 1.82) is 0 Å². The first-order valence-corrected chi connectivity index (χ1v) is 4.41. The van der Waals surface area contributed by atoms with Gasteiger partial charge in [0.25, 0.3) is 0 Å². The molecule has 74 valence electrons. The van der Waals surface area contributed by atoms with Crippen LogP contribution in [0.15, 0.2) is 24.5 Å². The van der Waals surface area contributed by atoms with Crippen LogP contribution in [0.1, 0.15) is 18.9 Å². The molecule has 0 aliphatic carbocycles. The Morgan fingerprint density at radius 2 is 2.36 bits per heavy atom. The number of aromatic nitrogens is 2. The van der Waals surface area contributed by atoms with E-state index in [0.717, 1.165) is 11.3 Å². The van der Waals surface area contributed by atoms with Crippen molar-refractivity contribution < 1.29 is 9.84 Å². The highest BCUT2D eigenvalue weighted by atomic mass is 16.5. The summed E-state index contributed by atoms with van der Waals surface area (Å²) >= 11 is 0. The number of aliphatic hydroxyl groups excluding tert-OH is 1. The molecular formula is C10H12N2O2. The van der Waals surface area contributed by atoms with Gasteiger partial charge in [0, 0.05) is 12.3 Å². The van der Waals surface area contributed by atoms with Gasteiger partial charge >= 0.3 is 0 Å². The van der Waals surface area contributed by atoms with Crippen LogP contribution in [0.25, 0.3) is 5.52 Å². The van der Waals surface area contributed by atoms with Crippen molar-refractivity contribution in [3.63, 3.8) is 0 Å². The van der Waals surface area contributed by atoms with E-state index in [-0.39, 0.29) is 0 Å². The molecule has 2 aromatic heterocycles. The van der Waals surface area contributed by atoms with Gasteiger partial charge in [0.1, 0.15) is 17.7 Å². The van der Waals surface area contributed by atoms with E-state index < -0.39 is 6.10 Å². The third kappa shape index (κ3) is 1.33. The first-order valence-electron chi connectivity index (χ1n) is 4.41. The van der Waals surface area contributed by atoms with Gasteiger partial charge in [-0.1, -0.05) is 0 Å². The van der Waals surface area contributed by atoms with Gasteiger partial charge in [-0.3, -0.25) is 0 Å². The normalized spacial score (nSPS) is 13.1. The number of aliphatic hydroxyl groups is 1. The first-order chi connectivity index (χ1) is 6.72. The minimum atomic E-state index is -0.564. The molecule has 4 heteroatoms. The van der Waals surface area contributed by atoms with E-state index in [1.165, 1.54) is 0 Å². The predicted molar refractivity (Wildman–Crippen MR) is 52.4 cm³/mol. The smallest absolute Gasteiger partial charge is 0.141 e. The largest absolute Gasteiger partial charge is 0.497 e. The van der Waals surface area contributed by atoms with Crippen molar-refractivity contribution in [2.45, 2.75) is 13.0 Å². The van der Waals surface area contributed by atoms with Crippen molar-refractivity contribution in [2.75, 3.05) is 7.11 Å². The molecule has 2 aromatic rings. The van der Waals surface area contributed by atoms with E-state index in [9.17, 15) is 5.11 Å². The number of methoxy groups -OCH3 is 1. The van der Waals surface area contributed by atoms with E-state index in [4.69, 9.17) is 4.74 Å². The summed E-state index contributed by atoms with van der Waals surface area (Å²) in [7, 11) is 1.62. The van der Waals surface area contributed by atoms with Crippen LogP contribution in [0.3, 0.4) is 0 Å². The van der Waals surface area contributed by atoms with Crippen LogP contribution in [0.5, 0.6) is 5.75 Å². The number of fused-ring (bicyclic) bond motifs is 1. The molecule has 0 aliphatic rings. The Bertz CT molecular complexity index is 448. The number of pyridine rings is 1. The Hall–Kier alpha value is -1.55. The minimum Gasteiger partial charge on any atom is -0.497 e. The molecule has 0 saturated carbocycles. The van der Waals surface area contributed by atoms with Crippen LogP contribution in [0.4, 0.5) is 0 Å². The van der Waals surface area contributed by atoms with Gasteiger partial charge in [-0.2, -0.15) is 0 Å². The zero-order chi connectivity index (χ0) is 10.1. The lowest BCUT2D eigenvalue weighted by atomic mass is 10.3. The van der Waals surface area contributed by atoms with E-state index >= 15 is 0 Å². The Morgan fingerprint density at radius 3 is 3.00 bits per heavy atom. The average Bonchev–Trinajstić information content (AvgIpc) is 2.59. The molecule has 0 spiro atoms. The van der Waals surface area contributed by atoms with Crippen molar-refractivity contribution in [3.8, 4) is 5.75 Å². The fraction of sp³-hybridized carbons (Fsp3) is 0.300. The SMILES string of the molecule is COc1ccn2c(C(C)O)ncc2c1. The summed E-state index contributed by atoms with van der Waals surface area (Å²) in [6.07, 6.45) is 2.99. The topological polar surface area (TPSA) is 46.8 Å². The molecule has 0 amide bonds. The van der Waals surface area contributed by atoms with Gasteiger partial charge in [-0.15, -0.1) is 0 Å². The second-order valence-electron chi connectivity index (χ2n) is 3.15. The molecule has 1 N–H and O–H groups in total. The molecule has 1 atom stereocenters. The second-order valence-corrected chi connectivity index (χ2v) is 3.15. The zero-order valence-corrected chi connectivity index (χ0v) is 8.14. The van der Waals surface area contributed by atoms with Crippen LogP contribution >= 0.6 is 0 Å². The van der Waals surface area contributed by atoms with E-state index in [1.807, 2.05) is 22.7 Å². The highest BCUT2D eigenvalue weighted by Crippen LogP contribution is 2.18. The number of ether oxygens (including phenoxy) is 1. The summed E-state index contributed by atoms with van der Waals surface area (Å²) < 4.78 is 6.93. The number of rotatable bonds is 2. The predicted octanol–water partition coefficient (Wildman–Crippen LogP) is 1.40. The molecule has 0 aromatic carbocycles. The minimum absolute atomic E-state index is 0.564. The molecule has 0 saturated heterocycles. The summed E-state index contributed by atoms with van der Waals surface area (Å²) in [5, 5.41) is 9.42. The summed E-state index contributed by atoms with van der Waals surface area (Å²) in [5.74, 6) is 1.43. The van der Waals surface area contributed by atoms with Crippen molar-refractivity contribution in [1.82, 2.24) is 9.38 Å². The van der Waals surface area contributed by atoms with Crippen molar-refractivity contribution in [2.24, 2.45) is 0 Å². The van der Waals surface area contributed by atoms with E-state index in [0.29, 0.717) is 5.82 Å². The maximum Gasteiger partial charge on any atom is 0.141 e. The number of imidazole rings is 1. The van der Waals surface area contributed by atoms with Crippen LogP contribution in [0, 0.1) is 0 Å². The lowest BCUT2D eigenvalue weighted by molar-refractivity contribution is 0.188. The van der Waals surface area contributed by atoms with E-state index in [2.05, 4.69) is 4.98 Å². The van der Waals surface area contributed by atoms with Gasteiger partial charge in [0.05, 0.1) is 18.8 Å². The zero-order valence-electron chi connectivity index (χ0n) is 8.14. The highest BCUT2D eigenvalue weighted by molar-refractivity contribution is 5.50. The maximum atomic E-state index is 9.42. The summed E-state index contributed by atoms with van der Waals surface area (Å²) in [6, 6.07) is 3.71. The standard InChI is InChI=1S/C10H12N2O2/c1-7(13)10-11-6-8-5-9(14-2)3-4-12(8)10/h3-7,13H,1-2H3. The molecular weight excluding hydrogens is 180 g/mol. The molecule has 1 unspecified atom stereocenters. The molecule has 0 radical (unpaired) electrons. The number of hydrogen-bond acceptors (Lipinski definition) is 3. The van der Waals surface area contributed by atoms with Gasteiger partial charge in [-0.25, -0.2) is 4.98 Å². The highest BCUT2D eigenvalue weighted by Gasteiger charge is 2.08. The lowest BCUT2D eigenvalue weighted by Crippen LogP contribution is -1.98. The van der Waals surface area contributed by atoms with Crippen LogP contribution < -0.4 is 4.74 Å².